The van der Waals surface area contributed by atoms with Gasteiger partial charge in [0, 0.05) is 5.38 Å². The van der Waals surface area contributed by atoms with Crippen molar-refractivity contribution in [3.05, 3.63) is 22.2 Å². The molecule has 2 aromatic heterocycles. The molecule has 0 saturated carbocycles. The molecule has 72 valence electrons. The highest BCUT2D eigenvalue weighted by atomic mass is 35.5. The Kier molecular flexibility index (Phi) is 2.60. The molecule has 0 aromatic carbocycles. The van der Waals surface area contributed by atoms with E-state index in [9.17, 15) is 0 Å². The second kappa shape index (κ2) is 3.89. The number of hydrogen-bond donors (Lipinski definition) is 0. The largest absolute Gasteiger partial charge is 0.492 e. The van der Waals surface area contributed by atoms with Gasteiger partial charge in [0.15, 0.2) is 16.7 Å². The molecule has 6 heteroatoms. The van der Waals surface area contributed by atoms with Gasteiger partial charge in [0.1, 0.15) is 5.69 Å². The fourth-order valence-corrected chi connectivity index (χ4v) is 1.67. The molecule has 0 amide bonds. The zero-order valence-corrected chi connectivity index (χ0v) is 8.84. The van der Waals surface area contributed by atoms with Gasteiger partial charge < -0.3 is 4.74 Å². The lowest BCUT2D eigenvalue weighted by Crippen LogP contribution is -1.93. The van der Waals surface area contributed by atoms with Gasteiger partial charge in [-0.3, -0.25) is 0 Å². The molecule has 0 N–H and O–H groups in total. The number of nitrogens with zero attached hydrogens (tertiary/aromatic N) is 3. The van der Waals surface area contributed by atoms with Crippen molar-refractivity contribution in [2.24, 2.45) is 0 Å². The van der Waals surface area contributed by atoms with Crippen LogP contribution in [0.1, 0.15) is 0 Å². The van der Waals surface area contributed by atoms with E-state index >= 15 is 0 Å². The lowest BCUT2D eigenvalue weighted by atomic mass is 10.4. The van der Waals surface area contributed by atoms with Crippen LogP contribution in [0.4, 0.5) is 0 Å². The molecule has 0 aliphatic carbocycles. The van der Waals surface area contributed by atoms with Crippen molar-refractivity contribution >= 4 is 22.9 Å². The number of methoxy groups -OCH3 is 1. The molecule has 4 nitrogen and oxygen atoms in total. The average Bonchev–Trinajstić information content (AvgIpc) is 2.70. The first-order valence-electron chi connectivity index (χ1n) is 3.76. The molecule has 0 bridgehead atoms. The lowest BCUT2D eigenvalue weighted by Gasteiger charge is -2.01. The van der Waals surface area contributed by atoms with Crippen LogP contribution in [0.3, 0.4) is 0 Å². The molecule has 0 radical (unpaired) electrons. The highest BCUT2D eigenvalue weighted by Gasteiger charge is 2.07. The summed E-state index contributed by atoms with van der Waals surface area (Å²) >= 11 is 7.33. The van der Waals surface area contributed by atoms with Crippen molar-refractivity contribution in [2.75, 3.05) is 7.11 Å². The monoisotopic (exact) mass is 227 g/mol. The second-order valence-corrected chi connectivity index (χ2v) is 3.50. The number of ether oxygens (including phenoxy) is 1. The van der Waals surface area contributed by atoms with Crippen LogP contribution in [0.2, 0.25) is 5.15 Å². The Labute approximate surface area is 89.6 Å². The van der Waals surface area contributed by atoms with E-state index in [1.54, 1.807) is 5.51 Å². The number of rotatable bonds is 2. The maximum absolute atomic E-state index is 5.85. The molecule has 2 heterocycles. The van der Waals surface area contributed by atoms with E-state index in [2.05, 4.69) is 15.0 Å². The van der Waals surface area contributed by atoms with Crippen molar-refractivity contribution in [2.45, 2.75) is 0 Å². The van der Waals surface area contributed by atoms with Gasteiger partial charge in [0.25, 0.3) is 0 Å². The zero-order chi connectivity index (χ0) is 9.97. The highest BCUT2D eigenvalue weighted by Crippen LogP contribution is 2.23. The van der Waals surface area contributed by atoms with Gasteiger partial charge in [-0.05, 0) is 0 Å². The lowest BCUT2D eigenvalue weighted by molar-refractivity contribution is 0.411. The standard InChI is InChI=1S/C8H6ClN3OS/c1-13-6-2-10-8(12-7(6)9)5-3-14-4-11-5/h2-4H,1H3. The maximum atomic E-state index is 5.85. The average molecular weight is 228 g/mol. The van der Waals surface area contributed by atoms with E-state index in [0.29, 0.717) is 16.7 Å². The van der Waals surface area contributed by atoms with E-state index < -0.39 is 0 Å². The summed E-state index contributed by atoms with van der Waals surface area (Å²) in [5.74, 6) is 0.975. The van der Waals surface area contributed by atoms with Gasteiger partial charge in [0.05, 0.1) is 18.8 Å². The Hall–Kier alpha value is -1.20. The van der Waals surface area contributed by atoms with Crippen LogP contribution in [-0.2, 0) is 0 Å². The summed E-state index contributed by atoms with van der Waals surface area (Å²) in [6, 6.07) is 0. The predicted molar refractivity (Wildman–Crippen MR) is 54.7 cm³/mol. The molecule has 2 rings (SSSR count). The zero-order valence-electron chi connectivity index (χ0n) is 7.27. The molecule has 0 aliphatic heterocycles. The number of thiazole rings is 1. The van der Waals surface area contributed by atoms with Crippen LogP contribution in [0.5, 0.6) is 5.75 Å². The molecule has 0 unspecified atom stereocenters. The van der Waals surface area contributed by atoms with E-state index in [4.69, 9.17) is 16.3 Å². The minimum atomic E-state index is 0.297. The Balaban J connectivity index is 2.43. The van der Waals surface area contributed by atoms with Gasteiger partial charge in [-0.2, -0.15) is 0 Å². The molecule has 0 saturated heterocycles. The van der Waals surface area contributed by atoms with Crippen LogP contribution in [-0.4, -0.2) is 22.1 Å². The molecule has 14 heavy (non-hydrogen) atoms. The summed E-state index contributed by atoms with van der Waals surface area (Å²) in [7, 11) is 1.52. The Morgan fingerprint density at radius 2 is 2.29 bits per heavy atom. The van der Waals surface area contributed by atoms with Gasteiger partial charge in [-0.25, -0.2) is 15.0 Å². The molecular formula is C8H6ClN3OS. The molecule has 0 aliphatic rings. The van der Waals surface area contributed by atoms with Crippen molar-refractivity contribution in [1.82, 2.24) is 15.0 Å². The predicted octanol–water partition coefficient (Wildman–Crippen LogP) is 2.26. The van der Waals surface area contributed by atoms with Crippen molar-refractivity contribution < 1.29 is 4.74 Å². The second-order valence-electron chi connectivity index (χ2n) is 2.43. The summed E-state index contributed by atoms with van der Waals surface area (Å²) in [6.07, 6.45) is 1.53. The van der Waals surface area contributed by atoms with Gasteiger partial charge >= 0.3 is 0 Å². The maximum Gasteiger partial charge on any atom is 0.180 e. The quantitative estimate of drug-likeness (QED) is 0.739. The number of hydrogen-bond acceptors (Lipinski definition) is 5. The van der Waals surface area contributed by atoms with E-state index in [1.165, 1.54) is 24.6 Å². The van der Waals surface area contributed by atoms with Crippen LogP contribution < -0.4 is 4.74 Å². The smallest absolute Gasteiger partial charge is 0.180 e. The Bertz CT molecular complexity index is 432. The fourth-order valence-electron chi connectivity index (χ4n) is 0.933. The summed E-state index contributed by atoms with van der Waals surface area (Å²) < 4.78 is 4.94. The first kappa shape index (κ1) is 9.36. The topological polar surface area (TPSA) is 47.9 Å². The van der Waals surface area contributed by atoms with Gasteiger partial charge in [-0.15, -0.1) is 11.3 Å². The minimum Gasteiger partial charge on any atom is -0.492 e. The Morgan fingerprint density at radius 3 is 2.86 bits per heavy atom. The van der Waals surface area contributed by atoms with Gasteiger partial charge in [0.2, 0.25) is 0 Å². The third-order valence-corrected chi connectivity index (χ3v) is 2.45. The number of aromatic nitrogens is 3. The third kappa shape index (κ3) is 1.69. The minimum absolute atomic E-state index is 0.297. The molecular weight excluding hydrogens is 222 g/mol. The van der Waals surface area contributed by atoms with E-state index in [1.807, 2.05) is 5.38 Å². The SMILES string of the molecule is COc1cnc(-c2cscn2)nc1Cl. The van der Waals surface area contributed by atoms with E-state index in [-0.39, 0.29) is 0 Å². The summed E-state index contributed by atoms with van der Waals surface area (Å²) in [4.78, 5) is 12.2. The molecule has 0 fully saturated rings. The van der Waals surface area contributed by atoms with E-state index in [0.717, 1.165) is 5.69 Å². The molecule has 0 spiro atoms. The third-order valence-electron chi connectivity index (χ3n) is 1.59. The first-order chi connectivity index (χ1) is 6.81. The van der Waals surface area contributed by atoms with Crippen LogP contribution in [0.25, 0.3) is 11.5 Å². The molecule has 0 atom stereocenters. The van der Waals surface area contributed by atoms with Crippen molar-refractivity contribution in [3.63, 3.8) is 0 Å². The normalized spacial score (nSPS) is 10.1. The first-order valence-corrected chi connectivity index (χ1v) is 5.08. The molecule has 2 aromatic rings. The fraction of sp³-hybridized carbons (Fsp3) is 0.125. The van der Waals surface area contributed by atoms with Crippen LogP contribution in [0, 0.1) is 0 Å². The van der Waals surface area contributed by atoms with Crippen molar-refractivity contribution in [1.29, 1.82) is 0 Å². The Morgan fingerprint density at radius 1 is 1.43 bits per heavy atom. The summed E-state index contributed by atoms with van der Waals surface area (Å²) in [6.45, 7) is 0. The van der Waals surface area contributed by atoms with Crippen molar-refractivity contribution in [3.8, 4) is 17.3 Å². The summed E-state index contributed by atoms with van der Waals surface area (Å²) in [5.41, 5.74) is 2.44. The van der Waals surface area contributed by atoms with Crippen LogP contribution in [0.15, 0.2) is 17.1 Å². The summed E-state index contributed by atoms with van der Waals surface area (Å²) in [5, 5.41) is 2.16. The van der Waals surface area contributed by atoms with Crippen LogP contribution >= 0.6 is 22.9 Å². The number of halogens is 1. The van der Waals surface area contributed by atoms with Gasteiger partial charge in [-0.1, -0.05) is 11.6 Å². The highest BCUT2D eigenvalue weighted by molar-refractivity contribution is 7.07.